The van der Waals surface area contributed by atoms with Gasteiger partial charge in [-0.3, -0.25) is 19.5 Å². The van der Waals surface area contributed by atoms with Gasteiger partial charge in [0.2, 0.25) is 0 Å². The molecule has 1 aromatic heterocycles. The van der Waals surface area contributed by atoms with Crippen LogP contribution in [-0.4, -0.2) is 71.0 Å². The average Bonchev–Trinajstić information content (AvgIpc) is 3.09. The van der Waals surface area contributed by atoms with E-state index < -0.39 is 17.7 Å². The predicted octanol–water partition coefficient (Wildman–Crippen LogP) is 3.52. The van der Waals surface area contributed by atoms with Gasteiger partial charge in [0, 0.05) is 44.1 Å². The molecule has 0 spiro atoms. The van der Waals surface area contributed by atoms with Gasteiger partial charge in [-0.15, -0.1) is 0 Å². The summed E-state index contributed by atoms with van der Waals surface area (Å²) in [6.07, 6.45) is 3.85. The summed E-state index contributed by atoms with van der Waals surface area (Å²) in [5.41, 5.74) is 2.56. The molecule has 0 radical (unpaired) electrons. The molecule has 0 saturated carbocycles. The Morgan fingerprint density at radius 2 is 1.68 bits per heavy atom. The fourth-order valence-electron chi connectivity index (χ4n) is 4.58. The molecular formula is C27H33N3O4. The molecule has 2 aliphatic rings. The molecule has 180 valence electrons. The number of hydrogen-bond acceptors (Lipinski definition) is 6. The molecule has 1 N–H and O–H groups in total. The highest BCUT2D eigenvalue weighted by atomic mass is 16.5. The van der Waals surface area contributed by atoms with Crippen molar-refractivity contribution in [3.8, 4) is 0 Å². The van der Waals surface area contributed by atoms with Crippen LogP contribution in [0.3, 0.4) is 0 Å². The van der Waals surface area contributed by atoms with E-state index in [2.05, 4.69) is 30.7 Å². The number of likely N-dealkylation sites (tertiary alicyclic amines) is 1. The molecule has 4 rings (SSSR count). The first-order valence-electron chi connectivity index (χ1n) is 11.9. The zero-order chi connectivity index (χ0) is 24.3. The van der Waals surface area contributed by atoms with Crippen molar-refractivity contribution in [3.05, 3.63) is 71.1 Å². The summed E-state index contributed by atoms with van der Waals surface area (Å²) in [6, 6.07) is 10.7. The number of nitrogens with zero attached hydrogens (tertiary/aromatic N) is 3. The van der Waals surface area contributed by atoms with Crippen LogP contribution in [-0.2, 0) is 19.7 Å². The molecule has 3 heterocycles. The number of benzene rings is 1. The average molecular weight is 464 g/mol. The molecule has 7 heteroatoms. The molecule has 34 heavy (non-hydrogen) atoms. The van der Waals surface area contributed by atoms with E-state index >= 15 is 0 Å². The highest BCUT2D eigenvalue weighted by Gasteiger charge is 2.45. The van der Waals surface area contributed by atoms with Crippen LogP contribution in [0.1, 0.15) is 49.9 Å². The summed E-state index contributed by atoms with van der Waals surface area (Å²) in [5, 5.41) is 11.1. The van der Waals surface area contributed by atoms with Crippen molar-refractivity contribution in [2.45, 2.75) is 38.6 Å². The van der Waals surface area contributed by atoms with Crippen molar-refractivity contribution in [2.75, 3.05) is 39.4 Å². The van der Waals surface area contributed by atoms with Crippen LogP contribution in [0, 0.1) is 0 Å². The minimum atomic E-state index is -0.648. The second-order valence-electron chi connectivity index (χ2n) is 9.91. The van der Waals surface area contributed by atoms with Gasteiger partial charge in [-0.1, -0.05) is 45.0 Å². The Bertz CT molecular complexity index is 1050. The number of aromatic nitrogens is 1. The van der Waals surface area contributed by atoms with E-state index in [1.54, 1.807) is 29.4 Å². The number of hydrogen-bond donors (Lipinski definition) is 1. The Hall–Kier alpha value is -3.03. The lowest BCUT2D eigenvalue weighted by Gasteiger charge is -2.29. The van der Waals surface area contributed by atoms with Crippen LogP contribution >= 0.6 is 0 Å². The fraction of sp³-hybridized carbons (Fsp3) is 0.444. The number of Topliss-reactive ketones (excluding diaryl/α,β-unsaturated/α-hetero) is 1. The Kier molecular flexibility index (Phi) is 7.14. The number of morpholine rings is 1. The number of amides is 1. The summed E-state index contributed by atoms with van der Waals surface area (Å²) in [4.78, 5) is 34.2. The Morgan fingerprint density at radius 3 is 2.29 bits per heavy atom. The standard InChI is InChI=1S/C27H33N3O4/c1-27(2,3)21-7-5-19(6-8-21)23-22(24(31)20-9-11-28-12-10-20)25(32)26(33)30(23)14-4-13-29-15-17-34-18-16-29/h5-12,23,31H,4,13-18H2,1-3H3/t23-/m1/s1. The van der Waals surface area contributed by atoms with E-state index in [0.717, 1.165) is 50.4 Å². The lowest BCUT2D eigenvalue weighted by Crippen LogP contribution is -2.39. The monoisotopic (exact) mass is 463 g/mol. The van der Waals surface area contributed by atoms with Gasteiger partial charge in [-0.05, 0) is 35.1 Å². The van der Waals surface area contributed by atoms with Crippen molar-refractivity contribution in [1.29, 1.82) is 0 Å². The number of aliphatic hydroxyl groups is 1. The van der Waals surface area contributed by atoms with Crippen LogP contribution < -0.4 is 0 Å². The molecule has 1 aromatic carbocycles. The minimum absolute atomic E-state index is 0.0183. The van der Waals surface area contributed by atoms with Crippen molar-refractivity contribution < 1.29 is 19.4 Å². The Balaban J connectivity index is 1.67. The maximum atomic E-state index is 13.2. The summed E-state index contributed by atoms with van der Waals surface area (Å²) >= 11 is 0. The Morgan fingerprint density at radius 1 is 1.03 bits per heavy atom. The molecule has 0 aliphatic carbocycles. The van der Waals surface area contributed by atoms with Crippen LogP contribution in [0.5, 0.6) is 0 Å². The van der Waals surface area contributed by atoms with Gasteiger partial charge in [0.05, 0.1) is 24.8 Å². The number of ketones is 1. The third-order valence-electron chi connectivity index (χ3n) is 6.56. The maximum Gasteiger partial charge on any atom is 0.295 e. The molecule has 0 bridgehead atoms. The molecule has 7 nitrogen and oxygen atoms in total. The van der Waals surface area contributed by atoms with E-state index in [1.807, 2.05) is 24.3 Å². The number of rotatable bonds is 6. The van der Waals surface area contributed by atoms with Crippen LogP contribution in [0.2, 0.25) is 0 Å². The lowest BCUT2D eigenvalue weighted by molar-refractivity contribution is -0.140. The van der Waals surface area contributed by atoms with E-state index in [9.17, 15) is 14.7 Å². The zero-order valence-corrected chi connectivity index (χ0v) is 20.2. The second-order valence-corrected chi connectivity index (χ2v) is 9.91. The number of aliphatic hydroxyl groups excluding tert-OH is 1. The number of carbonyl (C=O) groups excluding carboxylic acids is 2. The van der Waals surface area contributed by atoms with Crippen molar-refractivity contribution in [1.82, 2.24) is 14.8 Å². The summed E-state index contributed by atoms with van der Waals surface area (Å²) in [5.74, 6) is -1.38. The first-order chi connectivity index (χ1) is 16.3. The summed E-state index contributed by atoms with van der Waals surface area (Å²) < 4.78 is 5.41. The molecule has 2 saturated heterocycles. The molecule has 2 aliphatic heterocycles. The van der Waals surface area contributed by atoms with Gasteiger partial charge in [0.25, 0.3) is 11.7 Å². The highest BCUT2D eigenvalue weighted by molar-refractivity contribution is 6.46. The van der Waals surface area contributed by atoms with Gasteiger partial charge >= 0.3 is 0 Å². The van der Waals surface area contributed by atoms with Gasteiger partial charge in [-0.2, -0.15) is 0 Å². The van der Waals surface area contributed by atoms with Gasteiger partial charge in [0.1, 0.15) is 5.76 Å². The number of pyridine rings is 1. The summed E-state index contributed by atoms with van der Waals surface area (Å²) in [7, 11) is 0. The first-order valence-corrected chi connectivity index (χ1v) is 11.9. The molecule has 2 aromatic rings. The minimum Gasteiger partial charge on any atom is -0.507 e. The van der Waals surface area contributed by atoms with Crippen LogP contribution in [0.25, 0.3) is 5.76 Å². The smallest absolute Gasteiger partial charge is 0.295 e. The third kappa shape index (κ3) is 5.05. The van der Waals surface area contributed by atoms with Crippen LogP contribution in [0.15, 0.2) is 54.4 Å². The maximum absolute atomic E-state index is 13.2. The molecule has 1 amide bonds. The Labute approximate surface area is 201 Å². The van der Waals surface area contributed by atoms with E-state index in [4.69, 9.17) is 4.74 Å². The third-order valence-corrected chi connectivity index (χ3v) is 6.56. The van der Waals surface area contributed by atoms with Gasteiger partial charge in [-0.25, -0.2) is 0 Å². The second kappa shape index (κ2) is 10.1. The van der Waals surface area contributed by atoms with Crippen molar-refractivity contribution in [3.63, 3.8) is 0 Å². The molecule has 0 unspecified atom stereocenters. The molecular weight excluding hydrogens is 430 g/mol. The first kappa shape index (κ1) is 24.1. The fourth-order valence-corrected chi connectivity index (χ4v) is 4.58. The van der Waals surface area contributed by atoms with E-state index in [1.165, 1.54) is 0 Å². The van der Waals surface area contributed by atoms with Crippen LogP contribution in [0.4, 0.5) is 0 Å². The van der Waals surface area contributed by atoms with E-state index in [0.29, 0.717) is 12.1 Å². The number of ether oxygens (including phenoxy) is 1. The summed E-state index contributed by atoms with van der Waals surface area (Å²) in [6.45, 7) is 10.9. The van der Waals surface area contributed by atoms with Gasteiger partial charge in [0.15, 0.2) is 0 Å². The largest absolute Gasteiger partial charge is 0.507 e. The zero-order valence-electron chi connectivity index (χ0n) is 20.2. The highest BCUT2D eigenvalue weighted by Crippen LogP contribution is 2.40. The predicted molar refractivity (Wildman–Crippen MR) is 130 cm³/mol. The SMILES string of the molecule is CC(C)(C)c1ccc([C@@H]2C(=C(O)c3ccncc3)C(=O)C(=O)N2CCCN2CCOCC2)cc1. The van der Waals surface area contributed by atoms with Crippen molar-refractivity contribution >= 4 is 17.4 Å². The van der Waals surface area contributed by atoms with Crippen molar-refractivity contribution in [2.24, 2.45) is 0 Å². The molecule has 2 fully saturated rings. The lowest BCUT2D eigenvalue weighted by atomic mass is 9.85. The normalized spacial score (nSPS) is 21.3. The number of carbonyl (C=O) groups is 2. The topological polar surface area (TPSA) is 83.0 Å². The van der Waals surface area contributed by atoms with E-state index in [-0.39, 0.29) is 16.7 Å². The van der Waals surface area contributed by atoms with Gasteiger partial charge < -0.3 is 14.7 Å². The quantitative estimate of drug-likeness (QED) is 0.401. The molecule has 1 atom stereocenters.